The fourth-order valence-electron chi connectivity index (χ4n) is 1.01. The van der Waals surface area contributed by atoms with E-state index < -0.39 is 0 Å². The Morgan fingerprint density at radius 2 is 2.25 bits per heavy atom. The van der Waals surface area contributed by atoms with Gasteiger partial charge in [-0.05, 0) is 12.8 Å². The Balaban J connectivity index is 2.89. The number of carbonyl (C=O) groups excluding carboxylic acids is 1. The van der Waals surface area contributed by atoms with Crippen LogP contribution in [-0.4, -0.2) is 33.7 Å². The summed E-state index contributed by atoms with van der Waals surface area (Å²) < 4.78 is 0. The van der Waals surface area contributed by atoms with Crippen molar-refractivity contribution in [2.45, 2.75) is 18.9 Å². The van der Waals surface area contributed by atoms with Crippen molar-refractivity contribution in [3.63, 3.8) is 0 Å². The van der Waals surface area contributed by atoms with E-state index in [9.17, 15) is 4.79 Å². The zero-order valence-electron chi connectivity index (χ0n) is 9.11. The third-order valence-corrected chi connectivity index (χ3v) is 3.52. The molecule has 0 bridgehead atoms. The van der Waals surface area contributed by atoms with E-state index in [1.807, 2.05) is 6.92 Å². The van der Waals surface area contributed by atoms with Gasteiger partial charge in [0, 0.05) is 12.4 Å². The van der Waals surface area contributed by atoms with E-state index in [0.717, 1.165) is 0 Å². The molecule has 1 N–H and O–H groups in total. The molecule has 1 atom stereocenters. The van der Waals surface area contributed by atoms with E-state index in [4.69, 9.17) is 16.7 Å². The number of aliphatic hydroxyl groups is 1. The molecule has 0 aliphatic carbocycles. The van der Waals surface area contributed by atoms with E-state index in [1.54, 1.807) is 6.92 Å². The quantitative estimate of drug-likeness (QED) is 0.498. The SMILES string of the molecule is Cc1nc(Cl)c(C=O)c(SCC(C)CO)n1. The fourth-order valence-corrected chi connectivity index (χ4v) is 2.36. The number of hydrogen-bond acceptors (Lipinski definition) is 5. The maximum Gasteiger partial charge on any atom is 0.155 e. The van der Waals surface area contributed by atoms with Gasteiger partial charge in [-0.2, -0.15) is 0 Å². The normalized spacial score (nSPS) is 12.5. The number of aldehydes is 1. The van der Waals surface area contributed by atoms with Crippen LogP contribution in [0.15, 0.2) is 5.03 Å². The van der Waals surface area contributed by atoms with Crippen LogP contribution in [0.3, 0.4) is 0 Å². The predicted molar refractivity (Wildman–Crippen MR) is 64.1 cm³/mol. The van der Waals surface area contributed by atoms with Gasteiger partial charge in [-0.25, -0.2) is 9.97 Å². The molecule has 0 saturated heterocycles. The molecule has 0 aliphatic rings. The Labute approximate surface area is 103 Å². The molecule has 0 aliphatic heterocycles. The van der Waals surface area contributed by atoms with E-state index in [0.29, 0.717) is 28.5 Å². The summed E-state index contributed by atoms with van der Waals surface area (Å²) in [7, 11) is 0. The second kappa shape index (κ2) is 6.18. The van der Waals surface area contributed by atoms with Gasteiger partial charge in [0.15, 0.2) is 6.29 Å². The molecular weight excluding hydrogens is 248 g/mol. The first-order valence-corrected chi connectivity index (χ1v) is 6.17. The zero-order valence-corrected chi connectivity index (χ0v) is 10.7. The van der Waals surface area contributed by atoms with Gasteiger partial charge in [0.1, 0.15) is 16.0 Å². The largest absolute Gasteiger partial charge is 0.396 e. The summed E-state index contributed by atoms with van der Waals surface area (Å²) in [6.45, 7) is 3.75. The van der Waals surface area contributed by atoms with Gasteiger partial charge in [-0.1, -0.05) is 18.5 Å². The summed E-state index contributed by atoms with van der Waals surface area (Å²) in [5, 5.41) is 9.67. The lowest BCUT2D eigenvalue weighted by Crippen LogP contribution is -2.05. The average molecular weight is 261 g/mol. The van der Waals surface area contributed by atoms with Crippen LogP contribution in [0.1, 0.15) is 23.1 Å². The smallest absolute Gasteiger partial charge is 0.155 e. The van der Waals surface area contributed by atoms with Crippen LogP contribution in [0.5, 0.6) is 0 Å². The van der Waals surface area contributed by atoms with Crippen LogP contribution in [0, 0.1) is 12.8 Å². The zero-order chi connectivity index (χ0) is 12.1. The van der Waals surface area contributed by atoms with Crippen LogP contribution in [0.2, 0.25) is 5.15 Å². The Bertz CT molecular complexity index is 387. The third kappa shape index (κ3) is 3.43. The number of rotatable bonds is 5. The number of hydrogen-bond donors (Lipinski definition) is 1. The van der Waals surface area contributed by atoms with Crippen molar-refractivity contribution in [3.8, 4) is 0 Å². The van der Waals surface area contributed by atoms with E-state index in [2.05, 4.69) is 9.97 Å². The van der Waals surface area contributed by atoms with Gasteiger partial charge in [0.2, 0.25) is 0 Å². The Morgan fingerprint density at radius 1 is 1.56 bits per heavy atom. The van der Waals surface area contributed by atoms with Gasteiger partial charge in [-0.15, -0.1) is 11.8 Å². The molecule has 0 amide bonds. The van der Waals surface area contributed by atoms with Crippen molar-refractivity contribution in [1.29, 1.82) is 0 Å². The van der Waals surface area contributed by atoms with Gasteiger partial charge < -0.3 is 5.11 Å². The minimum absolute atomic E-state index is 0.112. The van der Waals surface area contributed by atoms with E-state index >= 15 is 0 Å². The number of carbonyl (C=O) groups is 1. The van der Waals surface area contributed by atoms with Crippen LogP contribution >= 0.6 is 23.4 Å². The number of nitrogens with zero attached hydrogens (tertiary/aromatic N) is 2. The first kappa shape index (κ1) is 13.4. The average Bonchev–Trinajstić information content (AvgIpc) is 2.25. The highest BCUT2D eigenvalue weighted by Crippen LogP contribution is 2.25. The van der Waals surface area contributed by atoms with E-state index in [1.165, 1.54) is 11.8 Å². The Kier molecular flexibility index (Phi) is 5.18. The van der Waals surface area contributed by atoms with Gasteiger partial charge in [0.05, 0.1) is 5.56 Å². The lowest BCUT2D eigenvalue weighted by atomic mass is 10.2. The van der Waals surface area contributed by atoms with Crippen molar-refractivity contribution >= 4 is 29.6 Å². The molecule has 4 nitrogen and oxygen atoms in total. The summed E-state index contributed by atoms with van der Waals surface area (Å²) in [6, 6.07) is 0. The molecule has 0 aromatic carbocycles. The van der Waals surface area contributed by atoms with Crippen molar-refractivity contribution in [2.24, 2.45) is 5.92 Å². The highest BCUT2D eigenvalue weighted by atomic mass is 35.5. The van der Waals surface area contributed by atoms with Crippen LogP contribution < -0.4 is 0 Å². The molecule has 6 heteroatoms. The second-order valence-electron chi connectivity index (χ2n) is 3.50. The summed E-state index contributed by atoms with van der Waals surface area (Å²) in [4.78, 5) is 18.9. The summed E-state index contributed by atoms with van der Waals surface area (Å²) in [5.74, 6) is 1.37. The Morgan fingerprint density at radius 3 is 2.81 bits per heavy atom. The summed E-state index contributed by atoms with van der Waals surface area (Å²) >= 11 is 7.24. The molecule has 0 radical (unpaired) electrons. The minimum atomic E-state index is 0.112. The number of halogens is 1. The molecule has 1 aromatic heterocycles. The molecular formula is C10H13ClN2O2S. The van der Waals surface area contributed by atoms with Gasteiger partial charge >= 0.3 is 0 Å². The van der Waals surface area contributed by atoms with Crippen LogP contribution in [-0.2, 0) is 0 Å². The number of aryl methyl sites for hydroxylation is 1. The lowest BCUT2D eigenvalue weighted by Gasteiger charge is -2.09. The van der Waals surface area contributed by atoms with E-state index in [-0.39, 0.29) is 17.7 Å². The highest BCUT2D eigenvalue weighted by molar-refractivity contribution is 7.99. The monoisotopic (exact) mass is 260 g/mol. The number of aliphatic hydroxyl groups excluding tert-OH is 1. The molecule has 16 heavy (non-hydrogen) atoms. The van der Waals surface area contributed by atoms with Crippen molar-refractivity contribution in [2.75, 3.05) is 12.4 Å². The summed E-state index contributed by atoms with van der Waals surface area (Å²) in [6.07, 6.45) is 0.660. The standard InChI is InChI=1S/C10H13ClN2O2S/c1-6(3-14)5-16-10-8(4-15)9(11)12-7(2)13-10/h4,6,14H,3,5H2,1-2H3. The molecule has 1 heterocycles. The predicted octanol–water partition coefficient (Wildman–Crippen LogP) is 1.97. The topological polar surface area (TPSA) is 63.1 Å². The number of aromatic nitrogens is 2. The Hall–Kier alpha value is -0.650. The molecule has 88 valence electrons. The first-order chi connectivity index (χ1) is 7.58. The maximum absolute atomic E-state index is 10.8. The van der Waals surface area contributed by atoms with Crippen LogP contribution in [0.4, 0.5) is 0 Å². The van der Waals surface area contributed by atoms with Crippen LogP contribution in [0.25, 0.3) is 0 Å². The minimum Gasteiger partial charge on any atom is -0.396 e. The van der Waals surface area contributed by atoms with Crippen molar-refractivity contribution < 1.29 is 9.90 Å². The van der Waals surface area contributed by atoms with Crippen molar-refractivity contribution in [3.05, 3.63) is 16.5 Å². The fraction of sp³-hybridized carbons (Fsp3) is 0.500. The molecule has 1 rings (SSSR count). The lowest BCUT2D eigenvalue weighted by molar-refractivity contribution is 0.112. The second-order valence-corrected chi connectivity index (χ2v) is 4.86. The molecule has 0 fully saturated rings. The molecule has 1 unspecified atom stereocenters. The molecule has 0 spiro atoms. The van der Waals surface area contributed by atoms with Gasteiger partial charge in [0.25, 0.3) is 0 Å². The highest BCUT2D eigenvalue weighted by Gasteiger charge is 2.12. The first-order valence-electron chi connectivity index (χ1n) is 4.81. The molecule has 1 aromatic rings. The number of thioether (sulfide) groups is 1. The molecule has 0 saturated carbocycles. The summed E-state index contributed by atoms with van der Waals surface area (Å²) in [5.41, 5.74) is 0.322. The van der Waals surface area contributed by atoms with Gasteiger partial charge in [-0.3, -0.25) is 4.79 Å². The maximum atomic E-state index is 10.8. The van der Waals surface area contributed by atoms with Crippen molar-refractivity contribution in [1.82, 2.24) is 9.97 Å². The third-order valence-electron chi connectivity index (χ3n) is 1.91.